The van der Waals surface area contributed by atoms with Crippen molar-refractivity contribution >= 4 is 38.9 Å². The molecule has 0 atom stereocenters. The Labute approximate surface area is 111 Å². The summed E-state index contributed by atoms with van der Waals surface area (Å²) in [6.45, 7) is 0.113. The van der Waals surface area contributed by atoms with Gasteiger partial charge in [0.05, 0.1) is 9.48 Å². The second-order valence-electron chi connectivity index (χ2n) is 3.22. The lowest BCUT2D eigenvalue weighted by molar-refractivity contribution is 0.298. The molecule has 1 N–H and O–H groups in total. The number of hydrogen-bond acceptors (Lipinski definition) is 3. The zero-order valence-electron chi connectivity index (χ0n) is 8.28. The van der Waals surface area contributed by atoms with Crippen LogP contribution >= 0.6 is 38.9 Å². The Balaban J connectivity index is 2.33. The average Bonchev–Trinajstić information content (AvgIpc) is 2.62. The summed E-state index contributed by atoms with van der Waals surface area (Å²) in [5.41, 5.74) is 1.94. The van der Waals surface area contributed by atoms with Crippen LogP contribution in [0.3, 0.4) is 0 Å². The predicted molar refractivity (Wildman–Crippen MR) is 71.0 cm³/mol. The first-order valence-electron chi connectivity index (χ1n) is 4.72. The summed E-state index contributed by atoms with van der Waals surface area (Å²) in [5.74, 6) is 0. The van der Waals surface area contributed by atoms with Crippen LogP contribution in [0.2, 0.25) is 5.02 Å². The molecule has 0 saturated heterocycles. The summed E-state index contributed by atoms with van der Waals surface area (Å²) in [7, 11) is 0. The van der Waals surface area contributed by atoms with Crippen molar-refractivity contribution in [3.63, 3.8) is 0 Å². The van der Waals surface area contributed by atoms with Crippen LogP contribution in [0.15, 0.2) is 28.1 Å². The van der Waals surface area contributed by atoms with E-state index in [1.807, 2.05) is 24.3 Å². The molecule has 0 radical (unpaired) electrons. The van der Waals surface area contributed by atoms with Gasteiger partial charge in [-0.2, -0.15) is 0 Å². The van der Waals surface area contributed by atoms with Crippen molar-refractivity contribution in [1.29, 1.82) is 0 Å². The molecule has 1 heterocycles. The van der Waals surface area contributed by atoms with E-state index in [0.717, 1.165) is 25.1 Å². The van der Waals surface area contributed by atoms with Gasteiger partial charge in [0.15, 0.2) is 0 Å². The number of hydrogen-bond donors (Lipinski definition) is 1. The molecular formula is C11H9BrClNOS. The smallest absolute Gasteiger partial charge is 0.124 e. The van der Waals surface area contributed by atoms with Gasteiger partial charge in [0.25, 0.3) is 0 Å². The minimum Gasteiger partial charge on any atom is -0.396 e. The first-order chi connectivity index (χ1) is 7.70. The number of nitrogens with zero attached hydrogens (tertiary/aromatic N) is 1. The zero-order chi connectivity index (χ0) is 11.5. The third kappa shape index (κ3) is 2.63. The molecule has 2 rings (SSSR count). The third-order valence-corrected chi connectivity index (χ3v) is 4.22. The summed E-state index contributed by atoms with van der Waals surface area (Å²) < 4.78 is 0.978. The van der Waals surface area contributed by atoms with Crippen molar-refractivity contribution in [2.24, 2.45) is 0 Å². The number of thiazole rings is 1. The van der Waals surface area contributed by atoms with E-state index >= 15 is 0 Å². The van der Waals surface area contributed by atoms with Crippen molar-refractivity contribution < 1.29 is 5.11 Å². The number of aromatic nitrogens is 1. The molecule has 0 aliphatic rings. The molecule has 0 aliphatic heterocycles. The molecule has 0 fully saturated rings. The van der Waals surface area contributed by atoms with Crippen molar-refractivity contribution in [3.05, 3.63) is 38.8 Å². The molecule has 0 spiro atoms. The Morgan fingerprint density at radius 3 is 2.62 bits per heavy atom. The van der Waals surface area contributed by atoms with E-state index < -0.39 is 0 Å². The normalized spacial score (nSPS) is 10.7. The molecule has 0 aliphatic carbocycles. The Kier molecular flexibility index (Phi) is 3.97. The summed E-state index contributed by atoms with van der Waals surface area (Å²) in [4.78, 5) is 4.47. The van der Waals surface area contributed by atoms with Gasteiger partial charge in [-0.25, -0.2) is 4.98 Å². The highest BCUT2D eigenvalue weighted by molar-refractivity contribution is 9.11. The molecule has 0 unspecified atom stereocenters. The molecule has 1 aromatic carbocycles. The van der Waals surface area contributed by atoms with Crippen molar-refractivity contribution in [3.8, 4) is 10.6 Å². The van der Waals surface area contributed by atoms with Crippen LogP contribution in [0, 0.1) is 0 Å². The van der Waals surface area contributed by atoms with Crippen LogP contribution in [0.1, 0.15) is 5.69 Å². The highest BCUT2D eigenvalue weighted by Crippen LogP contribution is 2.32. The van der Waals surface area contributed by atoms with Crippen molar-refractivity contribution in [2.75, 3.05) is 6.61 Å². The minimum atomic E-state index is 0.113. The summed E-state index contributed by atoms with van der Waals surface area (Å²) in [6.07, 6.45) is 0.574. The van der Waals surface area contributed by atoms with Crippen LogP contribution < -0.4 is 0 Å². The lowest BCUT2D eigenvalue weighted by Gasteiger charge is -1.95. The Bertz CT molecular complexity index is 483. The fraction of sp³-hybridized carbons (Fsp3) is 0.182. The number of aliphatic hydroxyl groups is 1. The summed E-state index contributed by atoms with van der Waals surface area (Å²) in [5, 5.41) is 10.5. The number of benzene rings is 1. The van der Waals surface area contributed by atoms with E-state index in [9.17, 15) is 0 Å². The van der Waals surface area contributed by atoms with Gasteiger partial charge in [0.1, 0.15) is 5.01 Å². The van der Waals surface area contributed by atoms with Gasteiger partial charge in [-0.15, -0.1) is 11.3 Å². The van der Waals surface area contributed by atoms with Crippen LogP contribution in [0.5, 0.6) is 0 Å². The third-order valence-electron chi connectivity index (χ3n) is 2.09. The van der Waals surface area contributed by atoms with Crippen LogP contribution in [0.25, 0.3) is 10.6 Å². The number of aliphatic hydroxyl groups excluding tert-OH is 1. The Morgan fingerprint density at radius 2 is 2.00 bits per heavy atom. The number of rotatable bonds is 3. The van der Waals surface area contributed by atoms with Gasteiger partial charge in [0.2, 0.25) is 0 Å². The first kappa shape index (κ1) is 12.0. The van der Waals surface area contributed by atoms with Gasteiger partial charge in [-0.1, -0.05) is 23.7 Å². The monoisotopic (exact) mass is 317 g/mol. The topological polar surface area (TPSA) is 33.1 Å². The van der Waals surface area contributed by atoms with E-state index in [2.05, 4.69) is 20.9 Å². The fourth-order valence-electron chi connectivity index (χ4n) is 1.31. The van der Waals surface area contributed by atoms with Crippen LogP contribution in [0.4, 0.5) is 0 Å². The highest BCUT2D eigenvalue weighted by Gasteiger charge is 2.09. The first-order valence-corrected chi connectivity index (χ1v) is 6.71. The van der Waals surface area contributed by atoms with Crippen molar-refractivity contribution in [1.82, 2.24) is 4.98 Å². The van der Waals surface area contributed by atoms with Gasteiger partial charge < -0.3 is 5.11 Å². The molecule has 2 aromatic rings. The Hall–Kier alpha value is -0.420. The standard InChI is InChI=1S/C11H9BrClNOS/c12-10-9(5-6-15)14-11(16-10)7-1-3-8(13)4-2-7/h1-4,15H,5-6H2. The lowest BCUT2D eigenvalue weighted by atomic mass is 10.2. The van der Waals surface area contributed by atoms with Gasteiger partial charge in [0, 0.05) is 23.6 Å². The molecule has 0 amide bonds. The summed E-state index contributed by atoms with van der Waals surface area (Å²) >= 11 is 10.8. The average molecular weight is 319 g/mol. The maximum absolute atomic E-state index is 8.89. The Morgan fingerprint density at radius 1 is 1.31 bits per heavy atom. The molecule has 0 saturated carbocycles. The van der Waals surface area contributed by atoms with E-state index in [0.29, 0.717) is 6.42 Å². The van der Waals surface area contributed by atoms with Crippen LogP contribution in [-0.4, -0.2) is 16.7 Å². The highest BCUT2D eigenvalue weighted by atomic mass is 79.9. The predicted octanol–water partition coefficient (Wildman–Crippen LogP) is 3.76. The molecule has 5 heteroatoms. The maximum atomic E-state index is 8.89. The van der Waals surface area contributed by atoms with Gasteiger partial charge >= 0.3 is 0 Å². The lowest BCUT2D eigenvalue weighted by Crippen LogP contribution is -1.91. The SMILES string of the molecule is OCCc1nc(-c2ccc(Cl)cc2)sc1Br. The molecule has 2 nitrogen and oxygen atoms in total. The van der Waals surface area contributed by atoms with Crippen molar-refractivity contribution in [2.45, 2.75) is 6.42 Å². The second kappa shape index (κ2) is 5.27. The largest absolute Gasteiger partial charge is 0.396 e. The second-order valence-corrected chi connectivity index (χ2v) is 5.97. The van der Waals surface area contributed by atoms with E-state index in [1.54, 1.807) is 11.3 Å². The molecular weight excluding hydrogens is 310 g/mol. The maximum Gasteiger partial charge on any atom is 0.124 e. The molecule has 0 bridgehead atoms. The van der Waals surface area contributed by atoms with E-state index in [4.69, 9.17) is 16.7 Å². The molecule has 16 heavy (non-hydrogen) atoms. The van der Waals surface area contributed by atoms with E-state index in [-0.39, 0.29) is 6.61 Å². The quantitative estimate of drug-likeness (QED) is 0.934. The molecule has 1 aromatic heterocycles. The van der Waals surface area contributed by atoms with Gasteiger partial charge in [-0.05, 0) is 28.1 Å². The van der Waals surface area contributed by atoms with Crippen LogP contribution in [-0.2, 0) is 6.42 Å². The molecule has 84 valence electrons. The summed E-state index contributed by atoms with van der Waals surface area (Å²) in [6, 6.07) is 7.57. The van der Waals surface area contributed by atoms with E-state index in [1.165, 1.54) is 0 Å². The minimum absolute atomic E-state index is 0.113. The zero-order valence-corrected chi connectivity index (χ0v) is 11.4. The fourth-order valence-corrected chi connectivity index (χ4v) is 3.03. The van der Waals surface area contributed by atoms with Gasteiger partial charge in [-0.3, -0.25) is 0 Å². The number of halogens is 2.